The molecule has 128 valence electrons. The lowest BCUT2D eigenvalue weighted by Gasteiger charge is -2.26. The molecule has 0 aromatic heterocycles. The van der Waals surface area contributed by atoms with Crippen LogP contribution in [0.1, 0.15) is 19.8 Å². The summed E-state index contributed by atoms with van der Waals surface area (Å²) in [6.07, 6.45) is 0.908. The number of benzene rings is 1. The number of halogens is 2. The number of hydrogen-bond donors (Lipinski definition) is 1. The highest BCUT2D eigenvalue weighted by Gasteiger charge is 2.31. The van der Waals surface area contributed by atoms with E-state index in [1.165, 1.54) is 0 Å². The Labute approximate surface area is 146 Å². The molecule has 1 heterocycles. The van der Waals surface area contributed by atoms with Gasteiger partial charge in [0.25, 0.3) is 0 Å². The minimum absolute atomic E-state index is 0.00700. The molecule has 2 rings (SSSR count). The number of rotatable bonds is 6. The first-order valence-electron chi connectivity index (χ1n) is 7.50. The molecular weight excluding hydrogens is 359 g/mol. The molecule has 1 aliphatic heterocycles. The lowest BCUT2D eigenvalue weighted by molar-refractivity contribution is -0.116. The molecule has 1 saturated heterocycles. The number of carbonyl (C=O) groups excluding carboxylic acids is 1. The molecule has 1 amide bonds. The van der Waals surface area contributed by atoms with Gasteiger partial charge in [0.2, 0.25) is 5.91 Å². The van der Waals surface area contributed by atoms with Crippen molar-refractivity contribution in [1.29, 1.82) is 0 Å². The van der Waals surface area contributed by atoms with Crippen LogP contribution in [0.15, 0.2) is 18.2 Å². The number of hydrogen-bond acceptors (Lipinski definition) is 4. The zero-order valence-electron chi connectivity index (χ0n) is 12.9. The minimum atomic E-state index is -2.92. The fraction of sp³-hybridized carbons (Fsp3) is 0.533. The van der Waals surface area contributed by atoms with Crippen LogP contribution in [-0.4, -0.2) is 49.9 Å². The van der Waals surface area contributed by atoms with E-state index in [9.17, 15) is 13.2 Å². The quantitative estimate of drug-likeness (QED) is 0.826. The van der Waals surface area contributed by atoms with Gasteiger partial charge in [-0.1, -0.05) is 30.1 Å². The number of nitrogens with one attached hydrogen (secondary N) is 1. The van der Waals surface area contributed by atoms with Gasteiger partial charge in [-0.05, 0) is 31.2 Å². The SMILES string of the molecule is CCN(CCC(=O)Nc1cc(Cl)ccc1Cl)[C@H]1CCS(=O)(=O)C1. The highest BCUT2D eigenvalue weighted by Crippen LogP contribution is 2.25. The maximum Gasteiger partial charge on any atom is 0.225 e. The van der Waals surface area contributed by atoms with Gasteiger partial charge in [-0.3, -0.25) is 9.69 Å². The van der Waals surface area contributed by atoms with Crippen molar-refractivity contribution in [2.24, 2.45) is 0 Å². The molecule has 0 saturated carbocycles. The Bertz CT molecular complexity index is 679. The van der Waals surface area contributed by atoms with Crippen molar-refractivity contribution in [3.05, 3.63) is 28.2 Å². The molecule has 0 radical (unpaired) electrons. The Morgan fingerprint density at radius 3 is 2.74 bits per heavy atom. The van der Waals surface area contributed by atoms with E-state index in [1.807, 2.05) is 11.8 Å². The average molecular weight is 379 g/mol. The Hall–Kier alpha value is -0.820. The van der Waals surface area contributed by atoms with Gasteiger partial charge in [-0.15, -0.1) is 0 Å². The molecule has 23 heavy (non-hydrogen) atoms. The molecule has 1 atom stereocenters. The first kappa shape index (κ1) is 18.5. The van der Waals surface area contributed by atoms with E-state index in [-0.39, 0.29) is 29.9 Å². The van der Waals surface area contributed by atoms with Gasteiger partial charge in [0.05, 0.1) is 22.2 Å². The molecule has 0 spiro atoms. The number of carbonyl (C=O) groups is 1. The van der Waals surface area contributed by atoms with Gasteiger partial charge in [-0.2, -0.15) is 0 Å². The molecule has 1 aliphatic rings. The fourth-order valence-corrected chi connectivity index (χ4v) is 4.81. The number of anilines is 1. The predicted molar refractivity (Wildman–Crippen MR) is 94.0 cm³/mol. The number of amides is 1. The standard InChI is InChI=1S/C15H20Cl2N2O3S/c1-2-19(12-6-8-23(21,22)10-12)7-5-15(20)18-14-9-11(16)3-4-13(14)17/h3-4,9,12H,2,5-8,10H2,1H3,(H,18,20)/t12-/m0/s1. The van der Waals surface area contributed by atoms with E-state index in [0.717, 1.165) is 0 Å². The van der Waals surface area contributed by atoms with Crippen LogP contribution in [0.3, 0.4) is 0 Å². The lowest BCUT2D eigenvalue weighted by atomic mass is 10.2. The predicted octanol–water partition coefficient (Wildman–Crippen LogP) is 2.83. The van der Waals surface area contributed by atoms with Crippen LogP contribution in [-0.2, 0) is 14.6 Å². The number of sulfone groups is 1. The second kappa shape index (κ2) is 7.83. The first-order chi connectivity index (χ1) is 10.8. The third-order valence-electron chi connectivity index (χ3n) is 3.96. The van der Waals surface area contributed by atoms with E-state index >= 15 is 0 Å². The average Bonchev–Trinajstić information content (AvgIpc) is 2.84. The zero-order chi connectivity index (χ0) is 17.0. The minimum Gasteiger partial charge on any atom is -0.325 e. The Morgan fingerprint density at radius 2 is 2.13 bits per heavy atom. The molecule has 0 unspecified atom stereocenters. The van der Waals surface area contributed by atoms with Gasteiger partial charge in [0.15, 0.2) is 9.84 Å². The summed E-state index contributed by atoms with van der Waals surface area (Å²) >= 11 is 11.9. The van der Waals surface area contributed by atoms with Crippen LogP contribution in [0.25, 0.3) is 0 Å². The van der Waals surface area contributed by atoms with Crippen molar-refractivity contribution in [2.75, 3.05) is 29.9 Å². The fourth-order valence-electron chi connectivity index (χ4n) is 2.71. The van der Waals surface area contributed by atoms with Gasteiger partial charge in [0.1, 0.15) is 0 Å². The van der Waals surface area contributed by atoms with Crippen LogP contribution in [0.4, 0.5) is 5.69 Å². The highest BCUT2D eigenvalue weighted by atomic mass is 35.5. The highest BCUT2D eigenvalue weighted by molar-refractivity contribution is 7.91. The Balaban J connectivity index is 1.89. The molecule has 5 nitrogen and oxygen atoms in total. The largest absolute Gasteiger partial charge is 0.325 e. The van der Waals surface area contributed by atoms with Crippen LogP contribution >= 0.6 is 23.2 Å². The molecule has 1 aromatic carbocycles. The van der Waals surface area contributed by atoms with E-state index in [1.54, 1.807) is 18.2 Å². The third-order valence-corrected chi connectivity index (χ3v) is 6.27. The summed E-state index contributed by atoms with van der Waals surface area (Å²) in [4.78, 5) is 14.1. The van der Waals surface area contributed by atoms with Gasteiger partial charge in [-0.25, -0.2) is 8.42 Å². The van der Waals surface area contributed by atoms with Crippen LogP contribution in [0, 0.1) is 0 Å². The topological polar surface area (TPSA) is 66.5 Å². The number of nitrogens with zero attached hydrogens (tertiary/aromatic N) is 1. The van der Waals surface area contributed by atoms with Crippen molar-refractivity contribution in [1.82, 2.24) is 4.90 Å². The summed E-state index contributed by atoms with van der Waals surface area (Å²) in [7, 11) is -2.92. The van der Waals surface area contributed by atoms with Crippen LogP contribution in [0.2, 0.25) is 10.0 Å². The van der Waals surface area contributed by atoms with E-state index < -0.39 is 9.84 Å². The Morgan fingerprint density at radius 1 is 1.39 bits per heavy atom. The molecule has 1 aromatic rings. The summed E-state index contributed by atoms with van der Waals surface area (Å²) in [5, 5.41) is 3.66. The summed E-state index contributed by atoms with van der Waals surface area (Å²) < 4.78 is 23.2. The molecule has 0 bridgehead atoms. The van der Waals surface area contributed by atoms with Crippen molar-refractivity contribution >= 4 is 44.6 Å². The summed E-state index contributed by atoms with van der Waals surface area (Å²) in [6.45, 7) is 3.20. The summed E-state index contributed by atoms with van der Waals surface area (Å²) in [5.74, 6) is 0.245. The zero-order valence-corrected chi connectivity index (χ0v) is 15.2. The maximum absolute atomic E-state index is 12.1. The van der Waals surface area contributed by atoms with Gasteiger partial charge in [0, 0.05) is 24.0 Å². The molecule has 8 heteroatoms. The van der Waals surface area contributed by atoms with E-state index in [0.29, 0.717) is 35.2 Å². The van der Waals surface area contributed by atoms with Gasteiger partial charge < -0.3 is 5.32 Å². The van der Waals surface area contributed by atoms with E-state index in [4.69, 9.17) is 23.2 Å². The second-order valence-electron chi connectivity index (χ2n) is 5.61. The monoisotopic (exact) mass is 378 g/mol. The van der Waals surface area contributed by atoms with Crippen LogP contribution < -0.4 is 5.32 Å². The molecule has 0 aliphatic carbocycles. The molecular formula is C15H20Cl2N2O3S. The molecule has 1 fully saturated rings. The van der Waals surface area contributed by atoms with Gasteiger partial charge >= 0.3 is 0 Å². The lowest BCUT2D eigenvalue weighted by Crippen LogP contribution is -2.38. The van der Waals surface area contributed by atoms with Crippen molar-refractivity contribution in [2.45, 2.75) is 25.8 Å². The second-order valence-corrected chi connectivity index (χ2v) is 8.68. The maximum atomic E-state index is 12.1. The van der Waals surface area contributed by atoms with E-state index in [2.05, 4.69) is 5.32 Å². The smallest absolute Gasteiger partial charge is 0.225 e. The normalized spacial score (nSPS) is 19.9. The van der Waals surface area contributed by atoms with Crippen LogP contribution in [0.5, 0.6) is 0 Å². The first-order valence-corrected chi connectivity index (χ1v) is 10.1. The van der Waals surface area contributed by atoms with Crippen molar-refractivity contribution in [3.8, 4) is 0 Å². The summed E-state index contributed by atoms with van der Waals surface area (Å²) in [6, 6.07) is 4.89. The molecule has 1 N–H and O–H groups in total. The third kappa shape index (κ3) is 5.35. The Kier molecular flexibility index (Phi) is 6.31. The summed E-state index contributed by atoms with van der Waals surface area (Å²) in [5.41, 5.74) is 0.482. The van der Waals surface area contributed by atoms with Crippen molar-refractivity contribution < 1.29 is 13.2 Å². The van der Waals surface area contributed by atoms with Crippen molar-refractivity contribution in [3.63, 3.8) is 0 Å².